The van der Waals surface area contributed by atoms with Crippen LogP contribution in [0.4, 0.5) is 4.79 Å². The number of carbonyl (C=O) groups is 1. The lowest BCUT2D eigenvalue weighted by atomic mass is 9.92. The minimum atomic E-state index is -0.524. The van der Waals surface area contributed by atoms with Crippen molar-refractivity contribution in [3.8, 4) is 5.75 Å². The minimum absolute atomic E-state index is 0.0000631. The molecule has 0 aliphatic carbocycles. The zero-order valence-corrected chi connectivity index (χ0v) is 21.6. The second kappa shape index (κ2) is 10.7. The Kier molecular flexibility index (Phi) is 9.03. The highest BCUT2D eigenvalue weighted by atomic mass is 35.5. The molecule has 31 heavy (non-hydrogen) atoms. The van der Waals surface area contributed by atoms with Gasteiger partial charge in [0.05, 0.1) is 16.1 Å². The zero-order chi connectivity index (χ0) is 23.4. The summed E-state index contributed by atoms with van der Waals surface area (Å²) in [5.74, 6) is 0.822. The first-order chi connectivity index (χ1) is 14.3. The van der Waals surface area contributed by atoms with Crippen LogP contribution in [0.15, 0.2) is 24.8 Å². The van der Waals surface area contributed by atoms with Crippen molar-refractivity contribution >= 4 is 41.2 Å². The molecule has 0 spiro atoms. The van der Waals surface area contributed by atoms with Crippen molar-refractivity contribution in [3.05, 3.63) is 40.4 Å². The molecule has 1 fully saturated rings. The molecule has 1 aromatic rings. The molecule has 1 amide bonds. The Morgan fingerprint density at radius 3 is 2.52 bits per heavy atom. The van der Waals surface area contributed by atoms with Gasteiger partial charge in [0.15, 0.2) is 0 Å². The normalized spacial score (nSPS) is 18.1. The van der Waals surface area contributed by atoms with E-state index in [0.717, 1.165) is 12.0 Å². The standard InChI is InChI=1S/C23H34Cl2N2O3S/c1-8-11-29-19-13-18(25)17(24)12-16(19)20(26-31-23(5,6)7)15-9-10-27(14-15)21(28)30-22(2,3)4/h8,12-13,15,20,26H,1,9-11,14H2,2-7H3. The highest BCUT2D eigenvalue weighted by Gasteiger charge is 2.36. The van der Waals surface area contributed by atoms with Gasteiger partial charge in [-0.2, -0.15) is 0 Å². The Morgan fingerprint density at radius 2 is 1.94 bits per heavy atom. The molecule has 174 valence electrons. The molecule has 0 aromatic heterocycles. The van der Waals surface area contributed by atoms with Gasteiger partial charge in [-0.25, -0.2) is 4.79 Å². The van der Waals surface area contributed by atoms with Gasteiger partial charge in [-0.3, -0.25) is 4.72 Å². The number of rotatable bonds is 7. The summed E-state index contributed by atoms with van der Waals surface area (Å²) in [7, 11) is 0. The van der Waals surface area contributed by atoms with E-state index in [2.05, 4.69) is 32.1 Å². The molecule has 2 atom stereocenters. The van der Waals surface area contributed by atoms with Crippen molar-refractivity contribution in [1.29, 1.82) is 0 Å². The lowest BCUT2D eigenvalue weighted by Crippen LogP contribution is -2.36. The quantitative estimate of drug-likeness (QED) is 0.334. The summed E-state index contributed by atoms with van der Waals surface area (Å²) in [5, 5.41) is 0.908. The van der Waals surface area contributed by atoms with Crippen LogP contribution in [0.1, 0.15) is 59.6 Å². The second-order valence-electron chi connectivity index (χ2n) is 9.69. The van der Waals surface area contributed by atoms with Crippen molar-refractivity contribution in [2.45, 2.75) is 64.4 Å². The SMILES string of the molecule is C=CCOc1cc(Cl)c(Cl)cc1C(NSC(C)(C)C)C1CCN(C(=O)OC(C)(C)C)C1. The fourth-order valence-electron chi connectivity index (χ4n) is 3.27. The van der Waals surface area contributed by atoms with Crippen LogP contribution in [0.25, 0.3) is 0 Å². The van der Waals surface area contributed by atoms with Gasteiger partial charge >= 0.3 is 6.09 Å². The smallest absolute Gasteiger partial charge is 0.410 e. The third-order valence-corrected chi connectivity index (χ3v) is 6.29. The molecule has 0 saturated carbocycles. The van der Waals surface area contributed by atoms with Crippen LogP contribution in [0.3, 0.4) is 0 Å². The van der Waals surface area contributed by atoms with Crippen LogP contribution in [-0.4, -0.2) is 41.0 Å². The van der Waals surface area contributed by atoms with Crippen molar-refractivity contribution in [2.75, 3.05) is 19.7 Å². The fourth-order valence-corrected chi connectivity index (χ4v) is 4.39. The van der Waals surface area contributed by atoms with Crippen molar-refractivity contribution in [3.63, 3.8) is 0 Å². The van der Waals surface area contributed by atoms with Gasteiger partial charge in [0.2, 0.25) is 0 Å². The predicted molar refractivity (Wildman–Crippen MR) is 131 cm³/mol. The van der Waals surface area contributed by atoms with Crippen LogP contribution in [0.5, 0.6) is 5.75 Å². The van der Waals surface area contributed by atoms with Gasteiger partial charge in [-0.15, -0.1) is 0 Å². The average molecular weight is 490 g/mol. The molecule has 1 saturated heterocycles. The van der Waals surface area contributed by atoms with Crippen LogP contribution in [0, 0.1) is 5.92 Å². The van der Waals surface area contributed by atoms with E-state index in [9.17, 15) is 4.79 Å². The first kappa shape index (κ1) is 26.2. The number of hydrogen-bond acceptors (Lipinski definition) is 5. The summed E-state index contributed by atoms with van der Waals surface area (Å²) in [6, 6.07) is 3.52. The van der Waals surface area contributed by atoms with Crippen molar-refractivity contribution in [1.82, 2.24) is 9.62 Å². The molecule has 0 bridgehead atoms. The maximum Gasteiger partial charge on any atom is 0.410 e. The monoisotopic (exact) mass is 488 g/mol. The van der Waals surface area contributed by atoms with Gasteiger partial charge in [0.25, 0.3) is 0 Å². The number of amides is 1. The van der Waals surface area contributed by atoms with E-state index in [1.54, 1.807) is 29.0 Å². The lowest BCUT2D eigenvalue weighted by molar-refractivity contribution is 0.0286. The molecule has 2 rings (SSSR count). The van der Waals surface area contributed by atoms with Crippen molar-refractivity contribution < 1.29 is 14.3 Å². The van der Waals surface area contributed by atoms with Gasteiger partial charge in [0.1, 0.15) is 18.0 Å². The van der Waals surface area contributed by atoms with Gasteiger partial charge in [-0.1, -0.05) is 47.8 Å². The van der Waals surface area contributed by atoms with E-state index >= 15 is 0 Å². The lowest BCUT2D eigenvalue weighted by Gasteiger charge is -2.30. The van der Waals surface area contributed by atoms with E-state index in [1.807, 2.05) is 26.8 Å². The highest BCUT2D eigenvalue weighted by molar-refractivity contribution is 7.98. The number of likely N-dealkylation sites (tertiary alicyclic amines) is 1. The van der Waals surface area contributed by atoms with Crippen LogP contribution >= 0.6 is 35.1 Å². The van der Waals surface area contributed by atoms with E-state index in [0.29, 0.717) is 35.5 Å². The molecule has 1 heterocycles. The Morgan fingerprint density at radius 1 is 1.29 bits per heavy atom. The Balaban J connectivity index is 2.33. The highest BCUT2D eigenvalue weighted by Crippen LogP contribution is 2.41. The van der Waals surface area contributed by atoms with Crippen LogP contribution in [0.2, 0.25) is 10.0 Å². The summed E-state index contributed by atoms with van der Waals surface area (Å²) >= 11 is 14.3. The van der Waals surface area contributed by atoms with Crippen LogP contribution in [-0.2, 0) is 4.74 Å². The summed E-state index contributed by atoms with van der Waals surface area (Å²) in [6.45, 7) is 17.4. The molecule has 0 radical (unpaired) electrons. The maximum atomic E-state index is 12.6. The number of halogens is 2. The van der Waals surface area contributed by atoms with Gasteiger partial charge < -0.3 is 14.4 Å². The molecule has 1 N–H and O–H groups in total. The fraction of sp³-hybridized carbons (Fsp3) is 0.609. The average Bonchev–Trinajstić information content (AvgIpc) is 3.11. The Labute approximate surface area is 201 Å². The largest absolute Gasteiger partial charge is 0.489 e. The molecular weight excluding hydrogens is 455 g/mol. The zero-order valence-electron chi connectivity index (χ0n) is 19.3. The van der Waals surface area contributed by atoms with Gasteiger partial charge in [0, 0.05) is 29.5 Å². The van der Waals surface area contributed by atoms with Crippen LogP contribution < -0.4 is 9.46 Å². The summed E-state index contributed by atoms with van der Waals surface area (Å²) < 4.78 is 15.1. The second-order valence-corrected chi connectivity index (χ2v) is 12.2. The number of carbonyl (C=O) groups excluding carboxylic acids is 1. The molecule has 1 aromatic carbocycles. The molecule has 8 heteroatoms. The molecule has 2 unspecified atom stereocenters. The van der Waals surface area contributed by atoms with Gasteiger partial charge in [-0.05, 0) is 59.9 Å². The van der Waals surface area contributed by atoms with Crippen molar-refractivity contribution in [2.24, 2.45) is 5.92 Å². The summed E-state index contributed by atoms with van der Waals surface area (Å²) in [6.07, 6.45) is 2.25. The number of nitrogens with zero attached hydrogens (tertiary/aromatic N) is 1. The Bertz CT molecular complexity index is 790. The van der Waals surface area contributed by atoms with E-state index in [-0.39, 0.29) is 22.8 Å². The number of nitrogens with one attached hydrogen (secondary N) is 1. The third kappa shape index (κ3) is 8.08. The van der Waals surface area contributed by atoms with E-state index in [1.165, 1.54) is 0 Å². The number of hydrogen-bond donors (Lipinski definition) is 1. The molecule has 1 aliphatic rings. The summed E-state index contributed by atoms with van der Waals surface area (Å²) in [5.41, 5.74) is 0.397. The first-order valence-corrected chi connectivity index (χ1v) is 12.0. The first-order valence-electron chi connectivity index (χ1n) is 10.4. The number of ether oxygens (including phenoxy) is 2. The maximum absolute atomic E-state index is 12.6. The molecular formula is C23H34Cl2N2O3S. The Hall–Kier alpha value is -1.08. The summed E-state index contributed by atoms with van der Waals surface area (Å²) in [4.78, 5) is 14.4. The molecule has 5 nitrogen and oxygen atoms in total. The predicted octanol–water partition coefficient (Wildman–Crippen LogP) is 6.89. The van der Waals surface area contributed by atoms with E-state index < -0.39 is 5.60 Å². The third-order valence-electron chi connectivity index (χ3n) is 4.58. The molecule has 1 aliphatic heterocycles. The number of benzene rings is 1. The van der Waals surface area contributed by atoms with E-state index in [4.69, 9.17) is 32.7 Å². The topological polar surface area (TPSA) is 50.8 Å². The minimum Gasteiger partial charge on any atom is -0.489 e.